The topological polar surface area (TPSA) is 96.0 Å². The summed E-state index contributed by atoms with van der Waals surface area (Å²) in [4.78, 5) is 28.2. The minimum absolute atomic E-state index is 0.0142. The van der Waals surface area contributed by atoms with E-state index in [4.69, 9.17) is 4.74 Å². The Hall–Kier alpha value is -3.92. The third-order valence-corrected chi connectivity index (χ3v) is 8.15. The van der Waals surface area contributed by atoms with Gasteiger partial charge in [0.15, 0.2) is 0 Å². The van der Waals surface area contributed by atoms with Gasteiger partial charge >= 0.3 is 0 Å². The van der Waals surface area contributed by atoms with Crippen LogP contribution >= 0.6 is 0 Å². The number of carbonyl (C=O) groups excluding carboxylic acids is 2. The Morgan fingerprint density at radius 1 is 0.925 bits per heavy atom. The van der Waals surface area contributed by atoms with Crippen LogP contribution in [0.25, 0.3) is 0 Å². The van der Waals surface area contributed by atoms with Crippen LogP contribution in [0.3, 0.4) is 0 Å². The van der Waals surface area contributed by atoms with Gasteiger partial charge in [0.1, 0.15) is 24.2 Å². The van der Waals surface area contributed by atoms with Crippen molar-refractivity contribution in [3.8, 4) is 5.75 Å². The molecular formula is C30H36FN3O5S. The molecule has 214 valence electrons. The highest BCUT2D eigenvalue weighted by molar-refractivity contribution is 7.92. The highest BCUT2D eigenvalue weighted by Crippen LogP contribution is 2.26. The number of ether oxygens (including phenoxy) is 1. The second kappa shape index (κ2) is 13.4. The number of carbonyl (C=O) groups is 2. The van der Waals surface area contributed by atoms with Crippen molar-refractivity contribution < 1.29 is 27.1 Å². The molecule has 0 bridgehead atoms. The summed E-state index contributed by atoms with van der Waals surface area (Å²) in [7, 11) is -2.71. The monoisotopic (exact) mass is 569 g/mol. The van der Waals surface area contributed by atoms with E-state index < -0.39 is 34.3 Å². The van der Waals surface area contributed by atoms with E-state index in [9.17, 15) is 22.4 Å². The molecule has 0 spiro atoms. The van der Waals surface area contributed by atoms with Gasteiger partial charge in [0.2, 0.25) is 11.8 Å². The van der Waals surface area contributed by atoms with E-state index in [1.54, 1.807) is 31.2 Å². The summed E-state index contributed by atoms with van der Waals surface area (Å²) in [6.45, 7) is 7.22. The van der Waals surface area contributed by atoms with Crippen molar-refractivity contribution in [2.45, 2.75) is 45.2 Å². The maximum Gasteiger partial charge on any atom is 0.264 e. The first-order chi connectivity index (χ1) is 18.9. The Labute approximate surface area is 235 Å². The molecule has 0 saturated carbocycles. The molecule has 2 amide bonds. The molecule has 3 rings (SSSR count). The molecule has 40 heavy (non-hydrogen) atoms. The lowest BCUT2D eigenvalue weighted by Gasteiger charge is -2.32. The van der Waals surface area contributed by atoms with Crippen molar-refractivity contribution in [1.82, 2.24) is 10.2 Å². The molecule has 1 N–H and O–H groups in total. The number of nitrogens with one attached hydrogen (secondary N) is 1. The van der Waals surface area contributed by atoms with Gasteiger partial charge in [-0.1, -0.05) is 43.7 Å². The molecule has 8 nitrogen and oxygen atoms in total. The molecule has 0 aliphatic heterocycles. The highest BCUT2D eigenvalue weighted by Gasteiger charge is 2.32. The molecule has 0 unspecified atom stereocenters. The summed E-state index contributed by atoms with van der Waals surface area (Å²) in [5.74, 6) is -0.702. The number of rotatable bonds is 12. The van der Waals surface area contributed by atoms with Gasteiger partial charge in [-0.2, -0.15) is 0 Å². The van der Waals surface area contributed by atoms with Gasteiger partial charge in [0, 0.05) is 13.1 Å². The number of hydrogen-bond donors (Lipinski definition) is 1. The van der Waals surface area contributed by atoms with Crippen LogP contribution in [0.15, 0.2) is 77.7 Å². The standard InChI is InChI=1S/C30H36FN3O5S/c1-21(2)18-32-30(36)23(4)33(19-24-8-10-25(31)11-9-24)29(35)20-34(26-12-6-22(3)7-13-26)40(37,38)28-16-14-27(39-5)15-17-28/h6-17,21,23H,18-20H2,1-5H3,(H,32,36)/t23-/m1/s1. The average Bonchev–Trinajstić information content (AvgIpc) is 2.94. The van der Waals surface area contributed by atoms with Crippen LogP contribution in [-0.4, -0.2) is 51.4 Å². The second-order valence-corrected chi connectivity index (χ2v) is 11.8. The molecule has 10 heteroatoms. The third kappa shape index (κ3) is 7.81. The lowest BCUT2D eigenvalue weighted by molar-refractivity contribution is -0.139. The Bertz CT molecular complexity index is 1390. The van der Waals surface area contributed by atoms with Crippen molar-refractivity contribution in [3.05, 3.63) is 89.7 Å². The number of aryl methyl sites for hydroxylation is 1. The van der Waals surface area contributed by atoms with Crippen molar-refractivity contribution in [3.63, 3.8) is 0 Å². The number of hydrogen-bond acceptors (Lipinski definition) is 5. The summed E-state index contributed by atoms with van der Waals surface area (Å²) < 4.78 is 47.4. The predicted molar refractivity (Wildman–Crippen MR) is 153 cm³/mol. The van der Waals surface area contributed by atoms with Gasteiger partial charge < -0.3 is 15.0 Å². The van der Waals surface area contributed by atoms with Crippen molar-refractivity contribution in [2.24, 2.45) is 5.92 Å². The number of anilines is 1. The lowest BCUT2D eigenvalue weighted by Crippen LogP contribution is -2.51. The van der Waals surface area contributed by atoms with Gasteiger partial charge in [0.25, 0.3) is 10.0 Å². The minimum atomic E-state index is -4.19. The zero-order valence-corrected chi connectivity index (χ0v) is 24.2. The first-order valence-corrected chi connectivity index (χ1v) is 14.4. The SMILES string of the molecule is COc1ccc(S(=O)(=O)N(CC(=O)N(Cc2ccc(F)cc2)[C@H](C)C(=O)NCC(C)C)c2ccc(C)cc2)cc1. The molecule has 1 atom stereocenters. The van der Waals surface area contributed by atoms with Crippen LogP contribution in [0, 0.1) is 18.7 Å². The highest BCUT2D eigenvalue weighted by atomic mass is 32.2. The van der Waals surface area contributed by atoms with Crippen LogP contribution in [0.4, 0.5) is 10.1 Å². The van der Waals surface area contributed by atoms with E-state index in [-0.39, 0.29) is 23.3 Å². The molecule has 0 aliphatic rings. The molecular weight excluding hydrogens is 533 g/mol. The van der Waals surface area contributed by atoms with Gasteiger partial charge in [0.05, 0.1) is 17.7 Å². The van der Waals surface area contributed by atoms with Crippen LogP contribution in [-0.2, 0) is 26.2 Å². The number of halogens is 1. The molecule has 0 saturated heterocycles. The lowest BCUT2D eigenvalue weighted by atomic mass is 10.1. The van der Waals surface area contributed by atoms with Crippen molar-refractivity contribution in [1.29, 1.82) is 0 Å². The third-order valence-electron chi connectivity index (χ3n) is 6.37. The molecule has 0 aliphatic carbocycles. The first kappa shape index (κ1) is 30.6. The summed E-state index contributed by atoms with van der Waals surface area (Å²) in [6.07, 6.45) is 0. The van der Waals surface area contributed by atoms with Gasteiger partial charge in [-0.15, -0.1) is 0 Å². The van der Waals surface area contributed by atoms with Crippen molar-refractivity contribution in [2.75, 3.05) is 24.5 Å². The van der Waals surface area contributed by atoms with E-state index in [1.807, 2.05) is 20.8 Å². The zero-order valence-electron chi connectivity index (χ0n) is 23.4. The fraction of sp³-hybridized carbons (Fsp3) is 0.333. The van der Waals surface area contributed by atoms with Gasteiger partial charge in [-0.25, -0.2) is 12.8 Å². The van der Waals surface area contributed by atoms with E-state index in [0.717, 1.165) is 9.87 Å². The zero-order chi connectivity index (χ0) is 29.4. The van der Waals surface area contributed by atoms with Crippen LogP contribution in [0.2, 0.25) is 0 Å². The van der Waals surface area contributed by atoms with Crippen LogP contribution < -0.4 is 14.4 Å². The normalized spacial score (nSPS) is 12.1. The molecule has 0 heterocycles. The van der Waals surface area contributed by atoms with E-state index in [2.05, 4.69) is 5.32 Å². The molecule has 0 fully saturated rings. The van der Waals surface area contributed by atoms with E-state index >= 15 is 0 Å². The number of benzene rings is 3. The summed E-state index contributed by atoms with van der Waals surface area (Å²) in [6, 6.07) is 17.4. The number of methoxy groups -OCH3 is 1. The summed E-state index contributed by atoms with van der Waals surface area (Å²) in [5.41, 5.74) is 1.82. The Balaban J connectivity index is 2.00. The first-order valence-electron chi connectivity index (χ1n) is 13.0. The smallest absolute Gasteiger partial charge is 0.264 e. The number of nitrogens with zero attached hydrogens (tertiary/aromatic N) is 2. The number of amides is 2. The molecule has 0 radical (unpaired) electrons. The minimum Gasteiger partial charge on any atom is -0.497 e. The van der Waals surface area contributed by atoms with Crippen LogP contribution in [0.1, 0.15) is 31.9 Å². The fourth-order valence-corrected chi connectivity index (χ4v) is 5.35. The van der Waals surface area contributed by atoms with Crippen molar-refractivity contribution >= 4 is 27.5 Å². The van der Waals surface area contributed by atoms with E-state index in [0.29, 0.717) is 23.5 Å². The predicted octanol–water partition coefficient (Wildman–Crippen LogP) is 4.53. The molecule has 3 aromatic carbocycles. The maximum atomic E-state index is 13.9. The quantitative estimate of drug-likeness (QED) is 0.346. The summed E-state index contributed by atoms with van der Waals surface area (Å²) >= 11 is 0. The molecule has 0 aromatic heterocycles. The molecule has 3 aromatic rings. The maximum absolute atomic E-state index is 13.9. The second-order valence-electron chi connectivity index (χ2n) is 9.99. The largest absolute Gasteiger partial charge is 0.497 e. The average molecular weight is 570 g/mol. The van der Waals surface area contributed by atoms with E-state index in [1.165, 1.54) is 60.5 Å². The Morgan fingerprint density at radius 3 is 2.08 bits per heavy atom. The van der Waals surface area contributed by atoms with Gasteiger partial charge in [-0.05, 0) is 73.9 Å². The van der Waals surface area contributed by atoms with Gasteiger partial charge in [-0.3, -0.25) is 13.9 Å². The van der Waals surface area contributed by atoms with Crippen LogP contribution in [0.5, 0.6) is 5.75 Å². The fourth-order valence-electron chi connectivity index (χ4n) is 3.94. The summed E-state index contributed by atoms with van der Waals surface area (Å²) in [5, 5.41) is 2.83. The Morgan fingerprint density at radius 2 is 1.52 bits per heavy atom. The Kier molecular flexibility index (Phi) is 10.3. The number of sulfonamides is 1.